The molecule has 0 radical (unpaired) electrons. The summed E-state index contributed by atoms with van der Waals surface area (Å²) in [5.41, 5.74) is 1.32. The highest BCUT2D eigenvalue weighted by molar-refractivity contribution is 7.17. The molecule has 6 nitrogen and oxygen atoms in total. The third kappa shape index (κ3) is 3.91. The number of hydrogen-bond acceptors (Lipinski definition) is 6. The summed E-state index contributed by atoms with van der Waals surface area (Å²) in [6.07, 6.45) is 3.99. The van der Waals surface area contributed by atoms with Crippen LogP contribution in [0, 0.1) is 0 Å². The smallest absolute Gasteiger partial charge is 0.413 e. The molecule has 1 aliphatic rings. The van der Waals surface area contributed by atoms with Gasteiger partial charge >= 0.3 is 6.09 Å². The van der Waals surface area contributed by atoms with Gasteiger partial charge in [-0.15, -0.1) is 22.7 Å². The first-order valence-corrected chi connectivity index (χ1v) is 9.68. The van der Waals surface area contributed by atoms with E-state index in [0.717, 1.165) is 42.5 Å². The number of hydrogen-bond donors (Lipinski definition) is 2. The zero-order chi connectivity index (χ0) is 17.8. The second-order valence-corrected chi connectivity index (χ2v) is 7.70. The van der Waals surface area contributed by atoms with E-state index in [-0.39, 0.29) is 5.91 Å². The molecule has 0 bridgehead atoms. The van der Waals surface area contributed by atoms with Gasteiger partial charge in [-0.05, 0) is 42.7 Å². The molecule has 0 spiro atoms. The summed E-state index contributed by atoms with van der Waals surface area (Å²) in [4.78, 5) is 38.1. The number of amides is 3. The van der Waals surface area contributed by atoms with Crippen molar-refractivity contribution >= 4 is 45.6 Å². The summed E-state index contributed by atoms with van der Waals surface area (Å²) < 4.78 is 4.51. The Labute approximate surface area is 153 Å². The van der Waals surface area contributed by atoms with Gasteiger partial charge in [-0.1, -0.05) is 12.5 Å². The highest BCUT2D eigenvalue weighted by Gasteiger charge is 2.27. The van der Waals surface area contributed by atoms with E-state index in [4.69, 9.17) is 0 Å². The highest BCUT2D eigenvalue weighted by Crippen LogP contribution is 2.37. The monoisotopic (exact) mass is 378 g/mol. The maximum absolute atomic E-state index is 12.6. The molecule has 25 heavy (non-hydrogen) atoms. The fourth-order valence-electron chi connectivity index (χ4n) is 2.85. The molecule has 2 heterocycles. The average molecular weight is 378 g/mol. The van der Waals surface area contributed by atoms with E-state index < -0.39 is 12.0 Å². The Hall–Kier alpha value is -2.19. The maximum Gasteiger partial charge on any atom is 0.413 e. The van der Waals surface area contributed by atoms with Crippen molar-refractivity contribution in [1.82, 2.24) is 5.32 Å². The quantitative estimate of drug-likeness (QED) is 0.795. The molecule has 2 aromatic heterocycles. The largest absolute Gasteiger partial charge is 0.453 e. The second-order valence-electron chi connectivity index (χ2n) is 5.65. The van der Waals surface area contributed by atoms with Crippen LogP contribution in [-0.4, -0.2) is 25.0 Å². The van der Waals surface area contributed by atoms with Crippen molar-refractivity contribution < 1.29 is 19.1 Å². The third-order valence-electron chi connectivity index (χ3n) is 4.02. The number of carbonyl (C=O) groups is 3. The van der Waals surface area contributed by atoms with Crippen molar-refractivity contribution in [2.75, 3.05) is 12.4 Å². The molecule has 1 aliphatic carbocycles. The van der Waals surface area contributed by atoms with Crippen molar-refractivity contribution in [3.63, 3.8) is 0 Å². The second kappa shape index (κ2) is 7.79. The number of anilines is 1. The molecule has 0 atom stereocenters. The Morgan fingerprint density at radius 1 is 1.12 bits per heavy atom. The van der Waals surface area contributed by atoms with Crippen LogP contribution in [0.15, 0.2) is 17.5 Å². The standard InChI is InChI=1S/C17H18N2O4S2/c1-23-17(22)19-15(21)13-10-6-3-2-4-7-11(10)25-16(13)18-14(20)12-8-5-9-24-12/h5,8-9H,2-4,6-7H2,1H3,(H,18,20)(H,19,21,22). The fraction of sp³-hybridized carbons (Fsp3) is 0.353. The van der Waals surface area contributed by atoms with Crippen LogP contribution in [0.4, 0.5) is 9.80 Å². The molecule has 0 saturated heterocycles. The Balaban J connectivity index is 1.94. The van der Waals surface area contributed by atoms with E-state index >= 15 is 0 Å². The molecule has 0 aromatic carbocycles. The number of thiophene rings is 2. The van der Waals surface area contributed by atoms with Crippen LogP contribution < -0.4 is 10.6 Å². The first-order valence-electron chi connectivity index (χ1n) is 7.99. The normalized spacial score (nSPS) is 13.5. The number of nitrogens with one attached hydrogen (secondary N) is 2. The van der Waals surface area contributed by atoms with E-state index in [0.29, 0.717) is 15.4 Å². The summed E-state index contributed by atoms with van der Waals surface area (Å²) in [5, 5.41) is 7.36. The molecule has 0 fully saturated rings. The number of methoxy groups -OCH3 is 1. The van der Waals surface area contributed by atoms with Crippen LogP contribution in [0.1, 0.15) is 49.7 Å². The highest BCUT2D eigenvalue weighted by atomic mass is 32.1. The number of fused-ring (bicyclic) bond motifs is 1. The van der Waals surface area contributed by atoms with Crippen molar-refractivity contribution in [3.05, 3.63) is 38.4 Å². The van der Waals surface area contributed by atoms with Gasteiger partial charge in [0.15, 0.2) is 0 Å². The zero-order valence-electron chi connectivity index (χ0n) is 13.7. The van der Waals surface area contributed by atoms with E-state index in [1.165, 1.54) is 29.8 Å². The van der Waals surface area contributed by atoms with Crippen LogP contribution in [-0.2, 0) is 17.6 Å². The number of imide groups is 1. The van der Waals surface area contributed by atoms with E-state index in [1.807, 2.05) is 5.38 Å². The molecule has 3 rings (SSSR count). The summed E-state index contributed by atoms with van der Waals surface area (Å²) in [6, 6.07) is 3.53. The summed E-state index contributed by atoms with van der Waals surface area (Å²) in [5.74, 6) is -0.786. The molecular formula is C17H18N2O4S2. The average Bonchev–Trinajstić information content (AvgIpc) is 3.18. The van der Waals surface area contributed by atoms with Gasteiger partial charge in [-0.3, -0.25) is 14.9 Å². The first-order chi connectivity index (χ1) is 12.1. The van der Waals surface area contributed by atoms with Gasteiger partial charge in [-0.2, -0.15) is 0 Å². The lowest BCUT2D eigenvalue weighted by molar-refractivity contribution is 0.0937. The summed E-state index contributed by atoms with van der Waals surface area (Å²) in [7, 11) is 1.20. The van der Waals surface area contributed by atoms with Gasteiger partial charge in [0.05, 0.1) is 17.6 Å². The molecule has 2 N–H and O–H groups in total. The Morgan fingerprint density at radius 3 is 2.64 bits per heavy atom. The van der Waals surface area contributed by atoms with Gasteiger partial charge in [-0.25, -0.2) is 4.79 Å². The van der Waals surface area contributed by atoms with Gasteiger partial charge < -0.3 is 10.1 Å². The van der Waals surface area contributed by atoms with Crippen molar-refractivity contribution in [3.8, 4) is 0 Å². The van der Waals surface area contributed by atoms with Crippen LogP contribution in [0.2, 0.25) is 0 Å². The van der Waals surface area contributed by atoms with Crippen LogP contribution >= 0.6 is 22.7 Å². The minimum absolute atomic E-state index is 0.251. The predicted octanol–water partition coefficient (Wildman–Crippen LogP) is 3.83. The lowest BCUT2D eigenvalue weighted by Gasteiger charge is -2.08. The molecule has 0 aliphatic heterocycles. The SMILES string of the molecule is COC(=O)NC(=O)c1c(NC(=O)c2cccs2)sc2c1CCCCC2. The molecule has 3 amide bonds. The van der Waals surface area contributed by atoms with Gasteiger partial charge in [0.25, 0.3) is 11.8 Å². The van der Waals surface area contributed by atoms with Gasteiger partial charge in [0.1, 0.15) is 5.00 Å². The Bertz CT molecular complexity index is 796. The lowest BCUT2D eigenvalue weighted by atomic mass is 10.0. The molecule has 8 heteroatoms. The lowest BCUT2D eigenvalue weighted by Crippen LogP contribution is -2.31. The summed E-state index contributed by atoms with van der Waals surface area (Å²) in [6.45, 7) is 0. The Kier molecular flexibility index (Phi) is 5.50. The van der Waals surface area contributed by atoms with Crippen molar-refractivity contribution in [1.29, 1.82) is 0 Å². The van der Waals surface area contributed by atoms with E-state index in [2.05, 4.69) is 15.4 Å². The van der Waals surface area contributed by atoms with Crippen LogP contribution in [0.5, 0.6) is 0 Å². The number of carbonyl (C=O) groups excluding carboxylic acids is 3. The zero-order valence-corrected chi connectivity index (χ0v) is 15.4. The molecule has 0 saturated carbocycles. The Morgan fingerprint density at radius 2 is 1.92 bits per heavy atom. The molecule has 132 valence electrons. The first kappa shape index (κ1) is 17.6. The third-order valence-corrected chi connectivity index (χ3v) is 6.10. The summed E-state index contributed by atoms with van der Waals surface area (Å²) >= 11 is 2.76. The molecule has 0 unspecified atom stereocenters. The van der Waals surface area contributed by atoms with Crippen molar-refractivity contribution in [2.45, 2.75) is 32.1 Å². The minimum Gasteiger partial charge on any atom is -0.453 e. The van der Waals surface area contributed by atoms with Gasteiger partial charge in [0, 0.05) is 4.88 Å². The number of alkyl carbamates (subject to hydrolysis) is 1. The topological polar surface area (TPSA) is 84.5 Å². The number of rotatable bonds is 3. The molecule has 2 aromatic rings. The number of aryl methyl sites for hydroxylation is 1. The molecular weight excluding hydrogens is 360 g/mol. The fourth-order valence-corrected chi connectivity index (χ4v) is 4.75. The van der Waals surface area contributed by atoms with Crippen molar-refractivity contribution in [2.24, 2.45) is 0 Å². The van der Waals surface area contributed by atoms with Crippen LogP contribution in [0.3, 0.4) is 0 Å². The maximum atomic E-state index is 12.6. The predicted molar refractivity (Wildman–Crippen MR) is 97.7 cm³/mol. The van der Waals surface area contributed by atoms with Crippen LogP contribution in [0.25, 0.3) is 0 Å². The van der Waals surface area contributed by atoms with Gasteiger partial charge in [0.2, 0.25) is 0 Å². The minimum atomic E-state index is -0.811. The number of ether oxygens (including phenoxy) is 1. The van der Waals surface area contributed by atoms with E-state index in [1.54, 1.807) is 12.1 Å². The van der Waals surface area contributed by atoms with E-state index in [9.17, 15) is 14.4 Å².